The van der Waals surface area contributed by atoms with Gasteiger partial charge >= 0.3 is 0 Å². The molecule has 0 fully saturated rings. The summed E-state index contributed by atoms with van der Waals surface area (Å²) in [5.74, 6) is 0.219. The van der Waals surface area contributed by atoms with Gasteiger partial charge in [-0.1, -0.05) is 13.8 Å². The summed E-state index contributed by atoms with van der Waals surface area (Å²) in [6.45, 7) is 4.30. The molecule has 7 nitrogen and oxygen atoms in total. The number of nitro groups is 1. The maximum atomic E-state index is 12.0. The largest absolute Gasteiger partial charge is 0.493 e. The summed E-state index contributed by atoms with van der Waals surface area (Å²) >= 11 is 0. The second kappa shape index (κ2) is 6.74. The number of methoxy groups -OCH3 is 2. The van der Waals surface area contributed by atoms with Crippen molar-refractivity contribution in [2.75, 3.05) is 20.8 Å². The zero-order valence-electron chi connectivity index (χ0n) is 11.9. The van der Waals surface area contributed by atoms with Gasteiger partial charge in [0.15, 0.2) is 11.5 Å². The number of nitrogens with zero attached hydrogens (tertiary/aromatic N) is 1. The van der Waals surface area contributed by atoms with Crippen molar-refractivity contribution in [3.05, 3.63) is 27.8 Å². The topological polar surface area (TPSA) is 90.7 Å². The summed E-state index contributed by atoms with van der Waals surface area (Å²) in [6.07, 6.45) is 0. The van der Waals surface area contributed by atoms with Gasteiger partial charge in [0.25, 0.3) is 11.6 Å². The van der Waals surface area contributed by atoms with Gasteiger partial charge in [-0.15, -0.1) is 0 Å². The maximum Gasteiger partial charge on any atom is 0.286 e. The third-order valence-corrected chi connectivity index (χ3v) is 2.61. The molecule has 1 N–H and O–H groups in total. The maximum absolute atomic E-state index is 12.0. The van der Waals surface area contributed by atoms with Crippen molar-refractivity contribution in [2.24, 2.45) is 5.92 Å². The first-order valence-corrected chi connectivity index (χ1v) is 6.09. The SMILES string of the molecule is COc1cc(C(=O)NCC(C)C)c([N+](=O)[O-])cc1OC. The second-order valence-corrected chi connectivity index (χ2v) is 4.59. The molecule has 20 heavy (non-hydrogen) atoms. The molecule has 7 heteroatoms. The number of hydrogen-bond donors (Lipinski definition) is 1. The molecule has 0 atom stereocenters. The molecule has 1 aromatic rings. The smallest absolute Gasteiger partial charge is 0.286 e. The third-order valence-electron chi connectivity index (χ3n) is 2.61. The van der Waals surface area contributed by atoms with Crippen LogP contribution in [0.3, 0.4) is 0 Å². The predicted octanol–water partition coefficient (Wildman–Crippen LogP) is 2.00. The quantitative estimate of drug-likeness (QED) is 0.636. The number of amides is 1. The van der Waals surface area contributed by atoms with Crippen LogP contribution in [0.1, 0.15) is 24.2 Å². The molecule has 0 saturated carbocycles. The Morgan fingerprint density at radius 2 is 1.85 bits per heavy atom. The summed E-state index contributed by atoms with van der Waals surface area (Å²) in [6, 6.07) is 2.50. The van der Waals surface area contributed by atoms with Crippen LogP contribution in [0.5, 0.6) is 11.5 Å². The molecule has 0 unspecified atom stereocenters. The highest BCUT2D eigenvalue weighted by Crippen LogP contribution is 2.34. The van der Waals surface area contributed by atoms with Crippen LogP contribution in [0.15, 0.2) is 12.1 Å². The fourth-order valence-corrected chi connectivity index (χ4v) is 1.59. The van der Waals surface area contributed by atoms with E-state index in [1.807, 2.05) is 13.8 Å². The number of nitrogens with one attached hydrogen (secondary N) is 1. The van der Waals surface area contributed by atoms with E-state index in [0.29, 0.717) is 6.54 Å². The van der Waals surface area contributed by atoms with Gasteiger partial charge in [0.05, 0.1) is 25.2 Å². The van der Waals surface area contributed by atoms with Gasteiger partial charge in [-0.25, -0.2) is 0 Å². The highest BCUT2D eigenvalue weighted by atomic mass is 16.6. The van der Waals surface area contributed by atoms with Crippen molar-refractivity contribution >= 4 is 11.6 Å². The van der Waals surface area contributed by atoms with Gasteiger partial charge < -0.3 is 14.8 Å². The lowest BCUT2D eigenvalue weighted by Gasteiger charge is -2.11. The van der Waals surface area contributed by atoms with Crippen molar-refractivity contribution in [2.45, 2.75) is 13.8 Å². The zero-order valence-corrected chi connectivity index (χ0v) is 11.9. The van der Waals surface area contributed by atoms with Gasteiger partial charge in [0.1, 0.15) is 5.56 Å². The lowest BCUT2D eigenvalue weighted by molar-refractivity contribution is -0.385. The minimum Gasteiger partial charge on any atom is -0.493 e. The summed E-state index contributed by atoms with van der Waals surface area (Å²) in [5, 5.41) is 13.7. The third kappa shape index (κ3) is 3.59. The molecule has 0 bridgehead atoms. The van der Waals surface area contributed by atoms with E-state index in [-0.39, 0.29) is 28.7 Å². The first-order valence-electron chi connectivity index (χ1n) is 6.09. The normalized spacial score (nSPS) is 10.2. The monoisotopic (exact) mass is 282 g/mol. The fourth-order valence-electron chi connectivity index (χ4n) is 1.59. The standard InChI is InChI=1S/C13H18N2O5/c1-8(2)7-14-13(16)9-5-11(19-3)12(20-4)6-10(9)15(17)18/h5-6,8H,7H2,1-4H3,(H,14,16). The Morgan fingerprint density at radius 3 is 2.30 bits per heavy atom. The fraction of sp³-hybridized carbons (Fsp3) is 0.462. The van der Waals surface area contributed by atoms with E-state index < -0.39 is 10.8 Å². The molecule has 0 radical (unpaired) electrons. The minimum atomic E-state index is -0.619. The number of carbonyl (C=O) groups is 1. The van der Waals surface area contributed by atoms with Crippen LogP contribution in [0.2, 0.25) is 0 Å². The summed E-state index contributed by atoms with van der Waals surface area (Å²) in [7, 11) is 2.78. The molecule has 0 spiro atoms. The van der Waals surface area contributed by atoms with Gasteiger partial charge in [-0.3, -0.25) is 14.9 Å². The molecule has 0 aliphatic carbocycles. The average Bonchev–Trinajstić information content (AvgIpc) is 2.42. The van der Waals surface area contributed by atoms with Crippen LogP contribution in [-0.4, -0.2) is 31.6 Å². The number of hydrogen-bond acceptors (Lipinski definition) is 5. The van der Waals surface area contributed by atoms with E-state index in [2.05, 4.69) is 5.32 Å². The molecule has 0 heterocycles. The molecule has 0 aliphatic rings. The number of rotatable bonds is 6. The molecule has 110 valence electrons. The highest BCUT2D eigenvalue weighted by molar-refractivity contribution is 5.99. The minimum absolute atomic E-state index is 0.0479. The Hall–Kier alpha value is -2.31. The molecule has 0 saturated heterocycles. The molecule has 1 amide bonds. The van der Waals surface area contributed by atoms with Crippen LogP contribution >= 0.6 is 0 Å². The molecule has 0 aliphatic heterocycles. The first kappa shape index (κ1) is 15.7. The predicted molar refractivity (Wildman–Crippen MR) is 73.4 cm³/mol. The van der Waals surface area contributed by atoms with Crippen molar-refractivity contribution < 1.29 is 19.2 Å². The van der Waals surface area contributed by atoms with E-state index in [9.17, 15) is 14.9 Å². The Morgan fingerprint density at radius 1 is 1.30 bits per heavy atom. The summed E-state index contributed by atoms with van der Waals surface area (Å²) < 4.78 is 10.1. The number of ether oxygens (including phenoxy) is 2. The molecule has 1 rings (SSSR count). The summed E-state index contributed by atoms with van der Waals surface area (Å²) in [5.41, 5.74) is -0.364. The van der Waals surface area contributed by atoms with E-state index in [4.69, 9.17) is 9.47 Å². The van der Waals surface area contributed by atoms with Crippen LogP contribution in [0.4, 0.5) is 5.69 Å². The lowest BCUT2D eigenvalue weighted by Crippen LogP contribution is -2.28. The molecule has 1 aromatic carbocycles. The van der Waals surface area contributed by atoms with E-state index in [0.717, 1.165) is 0 Å². The van der Waals surface area contributed by atoms with E-state index in [1.54, 1.807) is 0 Å². The molecular weight excluding hydrogens is 264 g/mol. The lowest BCUT2D eigenvalue weighted by atomic mass is 10.1. The first-order chi connectivity index (χ1) is 9.40. The van der Waals surface area contributed by atoms with E-state index in [1.165, 1.54) is 26.4 Å². The molecule has 0 aromatic heterocycles. The Bertz CT molecular complexity index is 514. The number of benzene rings is 1. The van der Waals surface area contributed by atoms with Crippen LogP contribution in [0, 0.1) is 16.0 Å². The van der Waals surface area contributed by atoms with Crippen molar-refractivity contribution in [1.29, 1.82) is 0 Å². The van der Waals surface area contributed by atoms with Crippen molar-refractivity contribution in [3.63, 3.8) is 0 Å². The van der Waals surface area contributed by atoms with Crippen molar-refractivity contribution in [1.82, 2.24) is 5.32 Å². The highest BCUT2D eigenvalue weighted by Gasteiger charge is 2.24. The Labute approximate surface area is 117 Å². The summed E-state index contributed by atoms with van der Waals surface area (Å²) in [4.78, 5) is 22.5. The van der Waals surface area contributed by atoms with Crippen LogP contribution in [0.25, 0.3) is 0 Å². The van der Waals surface area contributed by atoms with E-state index >= 15 is 0 Å². The van der Waals surface area contributed by atoms with Crippen LogP contribution in [-0.2, 0) is 0 Å². The zero-order chi connectivity index (χ0) is 15.3. The second-order valence-electron chi connectivity index (χ2n) is 4.59. The Kier molecular flexibility index (Phi) is 5.31. The van der Waals surface area contributed by atoms with Gasteiger partial charge in [-0.05, 0) is 5.92 Å². The number of nitro benzene ring substituents is 1. The molecular formula is C13H18N2O5. The Balaban J connectivity index is 3.21. The average molecular weight is 282 g/mol. The van der Waals surface area contributed by atoms with Crippen LogP contribution < -0.4 is 14.8 Å². The van der Waals surface area contributed by atoms with Gasteiger partial charge in [-0.2, -0.15) is 0 Å². The number of carbonyl (C=O) groups excluding carboxylic acids is 1. The van der Waals surface area contributed by atoms with Gasteiger partial charge in [0.2, 0.25) is 0 Å². The van der Waals surface area contributed by atoms with Crippen molar-refractivity contribution in [3.8, 4) is 11.5 Å². The van der Waals surface area contributed by atoms with Gasteiger partial charge in [0, 0.05) is 12.6 Å².